The third-order valence-corrected chi connectivity index (χ3v) is 4.82. The Bertz CT molecular complexity index is 733. The second-order valence-corrected chi connectivity index (χ2v) is 6.23. The summed E-state index contributed by atoms with van der Waals surface area (Å²) in [5.74, 6) is 0. The molecule has 0 aliphatic carbocycles. The minimum atomic E-state index is 1.03. The molecule has 1 aromatic carbocycles. The lowest BCUT2D eigenvalue weighted by Gasteiger charge is -2.28. The largest absolute Gasteiger partial charge is 0.358 e. The van der Waals surface area contributed by atoms with Crippen LogP contribution < -0.4 is 0 Å². The van der Waals surface area contributed by atoms with Crippen molar-refractivity contribution in [2.24, 2.45) is 0 Å². The predicted octanol–water partition coefficient (Wildman–Crippen LogP) is 3.84. The zero-order valence-electron chi connectivity index (χ0n) is 12.7. The molecule has 108 valence electrons. The Balaban J connectivity index is 1.78. The highest BCUT2D eigenvalue weighted by Crippen LogP contribution is 2.27. The van der Waals surface area contributed by atoms with E-state index < -0.39 is 0 Å². The Hall–Kier alpha value is -1.80. The number of aromatic nitrogens is 1. The van der Waals surface area contributed by atoms with Gasteiger partial charge in [-0.3, -0.25) is 4.90 Å². The molecule has 2 nitrogen and oxygen atoms in total. The standard InChI is InChI=1S/C19H22N2/c1-2-14-11-15-7-8-19-17(9-10-21(12-14)13-15)16-5-3-4-6-18(16)20-19/h3-7,11,20H,2,8-10,12-13H2,1H3/b15-7-. The summed E-state index contributed by atoms with van der Waals surface area (Å²) in [4.78, 5) is 6.23. The van der Waals surface area contributed by atoms with E-state index in [2.05, 4.69) is 53.2 Å². The molecule has 1 aromatic heterocycles. The van der Waals surface area contributed by atoms with E-state index in [1.54, 1.807) is 5.57 Å². The molecule has 2 aromatic rings. The van der Waals surface area contributed by atoms with E-state index >= 15 is 0 Å². The first-order chi connectivity index (χ1) is 10.3. The van der Waals surface area contributed by atoms with E-state index in [1.807, 2.05) is 0 Å². The summed E-state index contributed by atoms with van der Waals surface area (Å²) in [6, 6.07) is 8.71. The number of aromatic amines is 1. The molecule has 4 rings (SSSR count). The molecule has 0 radical (unpaired) electrons. The molecule has 1 N–H and O–H groups in total. The molecule has 2 heteroatoms. The monoisotopic (exact) mass is 278 g/mol. The predicted molar refractivity (Wildman–Crippen MR) is 88.6 cm³/mol. The highest BCUT2D eigenvalue weighted by molar-refractivity contribution is 5.84. The molecule has 0 amide bonds. The van der Waals surface area contributed by atoms with Gasteiger partial charge in [0.05, 0.1) is 0 Å². The van der Waals surface area contributed by atoms with Crippen molar-refractivity contribution in [1.82, 2.24) is 9.88 Å². The van der Waals surface area contributed by atoms with Crippen LogP contribution >= 0.6 is 0 Å². The van der Waals surface area contributed by atoms with Crippen molar-refractivity contribution in [1.29, 1.82) is 0 Å². The van der Waals surface area contributed by atoms with Gasteiger partial charge in [0.15, 0.2) is 0 Å². The molecule has 0 saturated carbocycles. The molecule has 1 unspecified atom stereocenters. The second-order valence-electron chi connectivity index (χ2n) is 6.23. The summed E-state index contributed by atoms with van der Waals surface area (Å²) in [5, 5.41) is 1.41. The number of allylic oxidation sites excluding steroid dienone is 1. The van der Waals surface area contributed by atoms with Crippen LogP contribution in [-0.4, -0.2) is 29.5 Å². The van der Waals surface area contributed by atoms with Gasteiger partial charge in [-0.25, -0.2) is 0 Å². The Morgan fingerprint density at radius 1 is 1.19 bits per heavy atom. The van der Waals surface area contributed by atoms with Gasteiger partial charge in [-0.1, -0.05) is 42.8 Å². The van der Waals surface area contributed by atoms with Crippen LogP contribution in [0.2, 0.25) is 0 Å². The Morgan fingerprint density at radius 2 is 2.10 bits per heavy atom. The van der Waals surface area contributed by atoms with Crippen molar-refractivity contribution in [3.63, 3.8) is 0 Å². The van der Waals surface area contributed by atoms with Crippen molar-refractivity contribution in [2.75, 3.05) is 19.6 Å². The number of benzene rings is 1. The van der Waals surface area contributed by atoms with E-state index in [9.17, 15) is 0 Å². The van der Waals surface area contributed by atoms with Gasteiger partial charge in [-0.2, -0.15) is 0 Å². The van der Waals surface area contributed by atoms with Gasteiger partial charge in [-0.15, -0.1) is 0 Å². The first-order valence-corrected chi connectivity index (χ1v) is 8.03. The van der Waals surface area contributed by atoms with Gasteiger partial charge >= 0.3 is 0 Å². The molecule has 21 heavy (non-hydrogen) atoms. The summed E-state index contributed by atoms with van der Waals surface area (Å²) >= 11 is 0. The van der Waals surface area contributed by atoms with Crippen LogP contribution in [0, 0.1) is 0 Å². The molecule has 0 saturated heterocycles. The first kappa shape index (κ1) is 12.9. The number of rotatable bonds is 1. The van der Waals surface area contributed by atoms with E-state index in [0.717, 1.165) is 32.5 Å². The van der Waals surface area contributed by atoms with Crippen LogP contribution in [0.5, 0.6) is 0 Å². The summed E-state index contributed by atoms with van der Waals surface area (Å²) in [6.45, 7) is 5.68. The Morgan fingerprint density at radius 3 is 3.00 bits per heavy atom. The van der Waals surface area contributed by atoms with E-state index in [-0.39, 0.29) is 0 Å². The number of fused-ring (bicyclic) bond motifs is 5. The lowest BCUT2D eigenvalue weighted by atomic mass is 10.0. The fourth-order valence-electron chi connectivity index (χ4n) is 3.67. The molecule has 3 heterocycles. The zero-order valence-corrected chi connectivity index (χ0v) is 12.7. The van der Waals surface area contributed by atoms with Gasteiger partial charge in [0.25, 0.3) is 0 Å². The van der Waals surface area contributed by atoms with E-state index in [0.29, 0.717) is 0 Å². The summed E-state index contributed by atoms with van der Waals surface area (Å²) in [5.41, 5.74) is 7.27. The van der Waals surface area contributed by atoms with Crippen molar-refractivity contribution >= 4 is 10.9 Å². The minimum absolute atomic E-state index is 1.03. The molecule has 0 fully saturated rings. The number of hydrogen-bond acceptors (Lipinski definition) is 1. The van der Waals surface area contributed by atoms with Gasteiger partial charge in [0.2, 0.25) is 0 Å². The van der Waals surface area contributed by atoms with Crippen LogP contribution in [-0.2, 0) is 12.8 Å². The molecule has 1 atom stereocenters. The van der Waals surface area contributed by atoms with Crippen molar-refractivity contribution in [3.05, 3.63) is 58.8 Å². The van der Waals surface area contributed by atoms with Crippen LogP contribution in [0.4, 0.5) is 0 Å². The average Bonchev–Trinajstić information content (AvgIpc) is 2.89. The number of hydrogen-bond donors (Lipinski definition) is 1. The van der Waals surface area contributed by atoms with Crippen molar-refractivity contribution < 1.29 is 0 Å². The number of para-hydroxylation sites is 1. The molecule has 2 aliphatic rings. The normalized spacial score (nSPS) is 24.3. The fourth-order valence-corrected chi connectivity index (χ4v) is 3.67. The van der Waals surface area contributed by atoms with Gasteiger partial charge in [0, 0.05) is 42.7 Å². The highest BCUT2D eigenvalue weighted by Gasteiger charge is 2.19. The van der Waals surface area contributed by atoms with Gasteiger partial charge in [-0.05, 0) is 30.0 Å². The summed E-state index contributed by atoms with van der Waals surface area (Å²) in [7, 11) is 0. The third kappa shape index (κ3) is 2.34. The lowest BCUT2D eigenvalue weighted by Crippen LogP contribution is -2.32. The summed E-state index contributed by atoms with van der Waals surface area (Å²) < 4.78 is 0. The first-order valence-electron chi connectivity index (χ1n) is 8.03. The van der Waals surface area contributed by atoms with Crippen LogP contribution in [0.25, 0.3) is 10.9 Å². The maximum Gasteiger partial charge on any atom is 0.0459 e. The number of nitrogens with zero attached hydrogens (tertiary/aromatic N) is 1. The van der Waals surface area contributed by atoms with Crippen LogP contribution in [0.1, 0.15) is 24.6 Å². The molecular formula is C19H22N2. The average molecular weight is 278 g/mol. The number of nitrogens with one attached hydrogen (secondary N) is 1. The van der Waals surface area contributed by atoms with Gasteiger partial charge < -0.3 is 4.98 Å². The minimum Gasteiger partial charge on any atom is -0.358 e. The maximum absolute atomic E-state index is 3.63. The second kappa shape index (κ2) is 5.19. The topological polar surface area (TPSA) is 19.0 Å². The molecular weight excluding hydrogens is 256 g/mol. The lowest BCUT2D eigenvalue weighted by molar-refractivity contribution is 0.317. The summed E-state index contributed by atoms with van der Waals surface area (Å²) in [6.07, 6.45) is 8.19. The molecule has 0 spiro atoms. The zero-order chi connectivity index (χ0) is 14.2. The highest BCUT2D eigenvalue weighted by atomic mass is 15.1. The fraction of sp³-hybridized carbons (Fsp3) is 0.368. The maximum atomic E-state index is 3.63. The quantitative estimate of drug-likeness (QED) is 0.839. The van der Waals surface area contributed by atoms with E-state index in [1.165, 1.54) is 34.2 Å². The Kier molecular flexibility index (Phi) is 3.19. The Labute approximate surface area is 126 Å². The van der Waals surface area contributed by atoms with Crippen molar-refractivity contribution in [2.45, 2.75) is 26.2 Å². The molecule has 2 bridgehead atoms. The van der Waals surface area contributed by atoms with Crippen LogP contribution in [0.3, 0.4) is 0 Å². The van der Waals surface area contributed by atoms with E-state index in [4.69, 9.17) is 0 Å². The van der Waals surface area contributed by atoms with Gasteiger partial charge in [0.1, 0.15) is 0 Å². The molecule has 2 aliphatic heterocycles. The number of H-pyrrole nitrogens is 1. The third-order valence-electron chi connectivity index (χ3n) is 4.82. The van der Waals surface area contributed by atoms with Crippen molar-refractivity contribution in [3.8, 4) is 0 Å². The SMILES string of the molecule is CCC1=C/C2=C/Cc3[nH]c4ccccc4c3CCN(C1)C2. The van der Waals surface area contributed by atoms with Crippen LogP contribution in [0.15, 0.2) is 47.6 Å². The smallest absolute Gasteiger partial charge is 0.0459 e.